The number of carbonyl (C=O) groups is 9. The second-order valence-electron chi connectivity index (χ2n) is 19.1. The topological polar surface area (TPSA) is 316 Å². The second-order valence-corrected chi connectivity index (χ2v) is 19.1. The molecule has 0 aliphatic carbocycles. The number of carboxylic acid groups (broad SMARTS) is 1. The summed E-state index contributed by atoms with van der Waals surface area (Å²) in [6.07, 6.45) is 2.28. The third-order valence-electron chi connectivity index (χ3n) is 12.6. The maximum Gasteiger partial charge on any atom is 0.326 e. The van der Waals surface area contributed by atoms with E-state index in [1.54, 1.807) is 62.3 Å². The van der Waals surface area contributed by atoms with Crippen molar-refractivity contribution in [3.63, 3.8) is 0 Å². The van der Waals surface area contributed by atoms with E-state index in [0.29, 0.717) is 25.7 Å². The number of nitrogens with two attached hydrogens (primary N) is 1. The third-order valence-corrected chi connectivity index (χ3v) is 12.6. The maximum atomic E-state index is 14.0. The monoisotopic (exact) mass is 974 g/mol. The lowest BCUT2D eigenvalue weighted by Crippen LogP contribution is -2.62. The van der Waals surface area contributed by atoms with Gasteiger partial charge in [-0.1, -0.05) is 139 Å². The van der Waals surface area contributed by atoms with E-state index in [4.69, 9.17) is 5.73 Å². The molecule has 20 nitrogen and oxygen atoms in total. The van der Waals surface area contributed by atoms with E-state index in [0.717, 1.165) is 5.56 Å². The minimum absolute atomic E-state index is 0.0177. The van der Waals surface area contributed by atoms with Gasteiger partial charge in [-0.25, -0.2) is 4.79 Å². The van der Waals surface area contributed by atoms with Crippen molar-refractivity contribution in [1.29, 1.82) is 0 Å². The van der Waals surface area contributed by atoms with Crippen LogP contribution in [0.1, 0.15) is 121 Å². The van der Waals surface area contributed by atoms with Crippen LogP contribution in [0.25, 0.3) is 0 Å². The second kappa shape index (κ2) is 30.8. The molecule has 0 heterocycles. The average Bonchev–Trinajstić information content (AvgIpc) is 3.31. The number of benzene rings is 1. The zero-order chi connectivity index (χ0) is 52.7. The van der Waals surface area contributed by atoms with Gasteiger partial charge in [0.25, 0.3) is 0 Å². The summed E-state index contributed by atoms with van der Waals surface area (Å²) < 4.78 is 0. The first kappa shape index (κ1) is 61.4. The summed E-state index contributed by atoms with van der Waals surface area (Å²) in [5, 5.41) is 40.6. The van der Waals surface area contributed by atoms with Gasteiger partial charge in [0.2, 0.25) is 47.3 Å². The SMILES string of the molecule is CC[C@H](C)[C@H](NC(=O)[C@@H](NC(=O)[C@H](CO)NC(=O)CNC(=O)[C@@H](NC(=O)[C@@H](NC(=O)[C@@H](NC(=O)[C@H](CC(C)C)NC(=O)[C@@H](N)Cc1ccccc1)[C@@H](C)CC)C(C)C)[C@@H](C)CC)[C@@H](C)CC)C(=O)O. The van der Waals surface area contributed by atoms with Crippen molar-refractivity contribution in [3.8, 4) is 0 Å². The van der Waals surface area contributed by atoms with Crippen molar-refractivity contribution in [2.45, 2.75) is 170 Å². The molecule has 0 aliphatic rings. The molecule has 1 rings (SSSR count). The van der Waals surface area contributed by atoms with E-state index in [1.807, 2.05) is 51.1 Å². The van der Waals surface area contributed by atoms with Crippen LogP contribution in [-0.4, -0.2) is 125 Å². The molecule has 0 spiro atoms. The molecule has 0 fully saturated rings. The molecule has 1 aromatic rings. The molecule has 0 aliphatic heterocycles. The molecule has 12 N–H and O–H groups in total. The molecule has 8 amide bonds. The molecule has 20 heteroatoms. The van der Waals surface area contributed by atoms with Crippen molar-refractivity contribution in [1.82, 2.24) is 42.5 Å². The molecule has 1 aromatic carbocycles. The molecule has 0 radical (unpaired) electrons. The summed E-state index contributed by atoms with van der Waals surface area (Å²) in [7, 11) is 0. The van der Waals surface area contributed by atoms with Gasteiger partial charge in [0.05, 0.1) is 19.2 Å². The Balaban J connectivity index is 3.14. The molecule has 0 bridgehead atoms. The van der Waals surface area contributed by atoms with E-state index in [1.165, 1.54) is 0 Å². The highest BCUT2D eigenvalue weighted by molar-refractivity contribution is 5.97. The number of aliphatic carboxylic acids is 1. The predicted molar refractivity (Wildman–Crippen MR) is 261 cm³/mol. The normalized spacial score (nSPS) is 16.6. The lowest BCUT2D eigenvalue weighted by molar-refractivity contribution is -0.144. The number of rotatable bonds is 31. The summed E-state index contributed by atoms with van der Waals surface area (Å²) in [6, 6.07) is -0.173. The number of amides is 8. The van der Waals surface area contributed by atoms with Gasteiger partial charge in [-0.2, -0.15) is 0 Å². The number of aliphatic hydroxyl groups is 1. The van der Waals surface area contributed by atoms with Gasteiger partial charge in [-0.15, -0.1) is 0 Å². The fourth-order valence-electron chi connectivity index (χ4n) is 7.22. The number of nitrogens with one attached hydrogen (secondary N) is 8. The molecule has 0 aromatic heterocycles. The summed E-state index contributed by atoms with van der Waals surface area (Å²) in [5.41, 5.74) is 7.08. The minimum Gasteiger partial charge on any atom is -0.480 e. The zero-order valence-corrected chi connectivity index (χ0v) is 42.8. The molecular formula is C49H83N9O11. The average molecular weight is 974 g/mol. The predicted octanol–water partition coefficient (Wildman–Crippen LogP) is 1.03. The Morgan fingerprint density at radius 1 is 0.507 bits per heavy atom. The van der Waals surface area contributed by atoms with Crippen LogP contribution in [0.5, 0.6) is 0 Å². The van der Waals surface area contributed by atoms with Crippen LogP contribution in [0.15, 0.2) is 30.3 Å². The van der Waals surface area contributed by atoms with Crippen molar-refractivity contribution in [2.75, 3.05) is 13.2 Å². The van der Waals surface area contributed by atoms with E-state index in [2.05, 4.69) is 42.5 Å². The van der Waals surface area contributed by atoms with E-state index in [-0.39, 0.29) is 18.8 Å². The number of hydrogen-bond donors (Lipinski definition) is 11. The van der Waals surface area contributed by atoms with Crippen molar-refractivity contribution < 1.29 is 53.4 Å². The summed E-state index contributed by atoms with van der Waals surface area (Å²) >= 11 is 0. The van der Waals surface area contributed by atoms with E-state index < -0.39 is 144 Å². The smallest absolute Gasteiger partial charge is 0.326 e. The van der Waals surface area contributed by atoms with Crippen molar-refractivity contribution >= 4 is 53.2 Å². The first-order chi connectivity index (χ1) is 32.4. The lowest BCUT2D eigenvalue weighted by atomic mass is 9.94. The molecule has 0 saturated carbocycles. The first-order valence-electron chi connectivity index (χ1n) is 24.4. The molecule has 0 saturated heterocycles. The van der Waals surface area contributed by atoms with Gasteiger partial charge >= 0.3 is 5.97 Å². The molecule has 69 heavy (non-hydrogen) atoms. The van der Waals surface area contributed by atoms with Gasteiger partial charge in [0, 0.05) is 0 Å². The van der Waals surface area contributed by atoms with Crippen LogP contribution in [-0.2, 0) is 49.6 Å². The maximum absolute atomic E-state index is 14.0. The van der Waals surface area contributed by atoms with Crippen LogP contribution in [0.4, 0.5) is 0 Å². The van der Waals surface area contributed by atoms with Gasteiger partial charge in [-0.3, -0.25) is 38.4 Å². The standard InChI is InChI=1S/C49H83N9O11/c1-13-28(9)38(45(64)51-24-36(60)52-35(25-59)44(63)56-40(30(11)15-3)48(67)58-41(49(68)69)31(12)16-4)57-46(65)37(27(7)8)54-47(66)39(29(10)14-2)55-43(62)34(22-26(5)6)53-42(61)33(50)23-32-20-18-17-19-21-32/h17-21,26-31,33-35,37-41,59H,13-16,22-25,50H2,1-12H3,(H,51,64)(H,52,60)(H,53,61)(H,54,66)(H,55,62)(H,56,63)(H,57,65)(H,58,67)(H,68,69)/t28-,29-,30-,31-,33-,34-,35-,37-,38-,39-,40-,41-/m0/s1. The van der Waals surface area contributed by atoms with Crippen LogP contribution in [0, 0.1) is 35.5 Å². The Kier molecular flexibility index (Phi) is 27.4. The largest absolute Gasteiger partial charge is 0.480 e. The van der Waals surface area contributed by atoms with Crippen LogP contribution in [0.2, 0.25) is 0 Å². The van der Waals surface area contributed by atoms with Gasteiger partial charge < -0.3 is 58.5 Å². The highest BCUT2D eigenvalue weighted by atomic mass is 16.4. The molecule has 12 atom stereocenters. The summed E-state index contributed by atoms with van der Waals surface area (Å²) in [4.78, 5) is 120. The fourth-order valence-corrected chi connectivity index (χ4v) is 7.22. The van der Waals surface area contributed by atoms with Crippen molar-refractivity contribution in [3.05, 3.63) is 35.9 Å². The zero-order valence-electron chi connectivity index (χ0n) is 42.8. The lowest BCUT2D eigenvalue weighted by Gasteiger charge is -2.31. The Morgan fingerprint density at radius 2 is 0.913 bits per heavy atom. The van der Waals surface area contributed by atoms with Crippen LogP contribution < -0.4 is 48.3 Å². The van der Waals surface area contributed by atoms with Gasteiger partial charge in [0.15, 0.2) is 0 Å². The Bertz CT molecular complexity index is 1850. The third kappa shape index (κ3) is 20.5. The summed E-state index contributed by atoms with van der Waals surface area (Å²) in [6.45, 7) is 19.6. The Labute approximate surface area is 408 Å². The van der Waals surface area contributed by atoms with Crippen LogP contribution >= 0.6 is 0 Å². The van der Waals surface area contributed by atoms with E-state index in [9.17, 15) is 53.4 Å². The first-order valence-corrected chi connectivity index (χ1v) is 24.4. The number of carbonyl (C=O) groups excluding carboxylic acids is 8. The molecular weight excluding hydrogens is 891 g/mol. The Hall–Kier alpha value is -5.63. The minimum atomic E-state index is -1.55. The molecule has 390 valence electrons. The number of carboxylic acids is 1. The van der Waals surface area contributed by atoms with E-state index >= 15 is 0 Å². The number of hydrogen-bond acceptors (Lipinski definition) is 11. The van der Waals surface area contributed by atoms with Gasteiger partial charge in [0.1, 0.15) is 42.3 Å². The Morgan fingerprint density at radius 3 is 1.35 bits per heavy atom. The highest BCUT2D eigenvalue weighted by Crippen LogP contribution is 2.16. The molecule has 0 unspecified atom stereocenters. The van der Waals surface area contributed by atoms with Gasteiger partial charge in [-0.05, 0) is 53.9 Å². The summed E-state index contributed by atoms with van der Waals surface area (Å²) in [5.74, 6) is -9.27. The highest BCUT2D eigenvalue weighted by Gasteiger charge is 2.37. The van der Waals surface area contributed by atoms with Crippen molar-refractivity contribution in [2.24, 2.45) is 41.2 Å². The quantitative estimate of drug-likeness (QED) is 0.0497. The van der Waals surface area contributed by atoms with Crippen LogP contribution in [0.3, 0.4) is 0 Å². The number of aliphatic hydroxyl groups excluding tert-OH is 1. The fraction of sp³-hybridized carbons (Fsp3) is 0.694.